The molecular weight excluding hydrogens is 268 g/mol. The highest BCUT2D eigenvalue weighted by Gasteiger charge is 2.14. The van der Waals surface area contributed by atoms with Crippen molar-refractivity contribution in [3.63, 3.8) is 0 Å². The Morgan fingerprint density at radius 3 is 2.81 bits per heavy atom. The third-order valence-corrected chi connectivity index (χ3v) is 4.06. The predicted octanol–water partition coefficient (Wildman–Crippen LogP) is 2.39. The lowest BCUT2D eigenvalue weighted by molar-refractivity contribution is 0.607. The Balaban J connectivity index is 2.37. The van der Waals surface area contributed by atoms with Crippen LogP contribution >= 0.6 is 15.9 Å². The summed E-state index contributed by atoms with van der Waals surface area (Å²) in [6, 6.07) is 0. The molecule has 0 aliphatic heterocycles. The van der Waals surface area contributed by atoms with Crippen molar-refractivity contribution in [2.24, 2.45) is 5.92 Å². The number of nitrogens with zero attached hydrogens (tertiary/aromatic N) is 4. The molecule has 0 amide bonds. The second kappa shape index (κ2) is 4.49. The molecule has 2 aromatic rings. The van der Waals surface area contributed by atoms with E-state index in [1.807, 2.05) is 17.5 Å². The van der Waals surface area contributed by atoms with Crippen LogP contribution in [0, 0.1) is 12.8 Å². The summed E-state index contributed by atoms with van der Waals surface area (Å²) in [5.41, 5.74) is 1.86. The Kier molecular flexibility index (Phi) is 3.23. The molecule has 2 rings (SSSR count). The van der Waals surface area contributed by atoms with Gasteiger partial charge in [0.25, 0.3) is 0 Å². The molecule has 0 saturated carbocycles. The van der Waals surface area contributed by atoms with E-state index in [-0.39, 0.29) is 0 Å². The van der Waals surface area contributed by atoms with Gasteiger partial charge in [0.1, 0.15) is 5.82 Å². The van der Waals surface area contributed by atoms with E-state index < -0.39 is 0 Å². The number of halogens is 1. The minimum atomic E-state index is 0.420. The van der Waals surface area contributed by atoms with E-state index in [4.69, 9.17) is 0 Å². The SMILES string of the molecule is Cc1nnc2c(CC(Br)C(C)C)nccn12. The molecule has 4 nitrogen and oxygen atoms in total. The number of fused-ring (bicyclic) bond motifs is 1. The molecule has 0 aliphatic carbocycles. The average Bonchev–Trinajstić information content (AvgIpc) is 2.62. The Hall–Kier alpha value is -0.970. The van der Waals surface area contributed by atoms with Gasteiger partial charge in [-0.2, -0.15) is 0 Å². The summed E-state index contributed by atoms with van der Waals surface area (Å²) in [6.45, 7) is 6.32. The molecule has 86 valence electrons. The van der Waals surface area contributed by atoms with Crippen molar-refractivity contribution < 1.29 is 0 Å². The fourth-order valence-corrected chi connectivity index (χ4v) is 1.86. The summed E-state index contributed by atoms with van der Waals surface area (Å²) in [6.07, 6.45) is 4.58. The Labute approximate surface area is 103 Å². The molecule has 0 radical (unpaired) electrons. The monoisotopic (exact) mass is 282 g/mol. The molecule has 0 aromatic carbocycles. The van der Waals surface area contributed by atoms with Crippen molar-refractivity contribution in [1.29, 1.82) is 0 Å². The third-order valence-electron chi connectivity index (χ3n) is 2.68. The number of hydrogen-bond acceptors (Lipinski definition) is 3. The summed E-state index contributed by atoms with van der Waals surface area (Å²) in [5.74, 6) is 1.47. The topological polar surface area (TPSA) is 43.1 Å². The van der Waals surface area contributed by atoms with E-state index in [0.717, 1.165) is 23.6 Å². The van der Waals surface area contributed by atoms with E-state index in [2.05, 4.69) is 45.0 Å². The number of rotatable bonds is 3. The number of aryl methyl sites for hydroxylation is 1. The maximum absolute atomic E-state index is 4.39. The van der Waals surface area contributed by atoms with Crippen LogP contribution in [0.2, 0.25) is 0 Å². The van der Waals surface area contributed by atoms with Crippen LogP contribution in [-0.2, 0) is 6.42 Å². The van der Waals surface area contributed by atoms with Crippen LogP contribution in [0.4, 0.5) is 0 Å². The highest BCUT2D eigenvalue weighted by Crippen LogP contribution is 2.18. The summed E-state index contributed by atoms with van der Waals surface area (Å²) < 4.78 is 1.97. The molecular formula is C11H15BrN4. The second-order valence-corrected chi connectivity index (χ2v) is 5.46. The molecule has 0 bridgehead atoms. The molecule has 1 atom stereocenters. The smallest absolute Gasteiger partial charge is 0.182 e. The predicted molar refractivity (Wildman–Crippen MR) is 66.8 cm³/mol. The zero-order chi connectivity index (χ0) is 11.7. The maximum Gasteiger partial charge on any atom is 0.182 e. The Morgan fingerprint density at radius 1 is 1.38 bits per heavy atom. The van der Waals surface area contributed by atoms with Crippen LogP contribution < -0.4 is 0 Å². The van der Waals surface area contributed by atoms with Gasteiger partial charge in [-0.25, -0.2) is 0 Å². The van der Waals surface area contributed by atoms with Gasteiger partial charge in [0.05, 0.1) is 5.69 Å². The second-order valence-electron chi connectivity index (χ2n) is 4.28. The van der Waals surface area contributed by atoms with Crippen LogP contribution in [0.5, 0.6) is 0 Å². The molecule has 0 fully saturated rings. The lowest BCUT2D eigenvalue weighted by atomic mass is 10.1. The Morgan fingerprint density at radius 2 is 2.12 bits per heavy atom. The zero-order valence-electron chi connectivity index (χ0n) is 9.68. The van der Waals surface area contributed by atoms with Crippen molar-refractivity contribution in [2.45, 2.75) is 32.0 Å². The standard InChI is InChI=1S/C11H15BrN4/c1-7(2)9(12)6-10-11-15-14-8(3)16(11)5-4-13-10/h4-5,7,9H,6H2,1-3H3. The van der Waals surface area contributed by atoms with Gasteiger partial charge < -0.3 is 0 Å². The van der Waals surface area contributed by atoms with Crippen molar-refractivity contribution in [3.05, 3.63) is 23.9 Å². The van der Waals surface area contributed by atoms with Crippen molar-refractivity contribution in [2.75, 3.05) is 0 Å². The number of hydrogen-bond donors (Lipinski definition) is 0. The molecule has 5 heteroatoms. The van der Waals surface area contributed by atoms with Crippen molar-refractivity contribution in [3.8, 4) is 0 Å². The van der Waals surface area contributed by atoms with Gasteiger partial charge in [-0.05, 0) is 12.8 Å². The van der Waals surface area contributed by atoms with Crippen LogP contribution in [-0.4, -0.2) is 24.4 Å². The molecule has 0 aliphatic rings. The lowest BCUT2D eigenvalue weighted by Crippen LogP contribution is -2.12. The molecule has 0 N–H and O–H groups in total. The first-order chi connectivity index (χ1) is 7.59. The van der Waals surface area contributed by atoms with E-state index >= 15 is 0 Å². The normalized spacial score (nSPS) is 13.6. The number of aromatic nitrogens is 4. The van der Waals surface area contributed by atoms with Crippen LogP contribution in [0.25, 0.3) is 5.65 Å². The van der Waals surface area contributed by atoms with Crippen LogP contribution in [0.3, 0.4) is 0 Å². The van der Waals surface area contributed by atoms with Gasteiger partial charge >= 0.3 is 0 Å². The van der Waals surface area contributed by atoms with Gasteiger partial charge in [0, 0.05) is 23.6 Å². The third kappa shape index (κ3) is 2.09. The first kappa shape index (κ1) is 11.5. The van der Waals surface area contributed by atoms with E-state index in [1.54, 1.807) is 6.20 Å². The van der Waals surface area contributed by atoms with E-state index in [0.29, 0.717) is 10.7 Å². The quantitative estimate of drug-likeness (QED) is 0.812. The van der Waals surface area contributed by atoms with E-state index in [1.165, 1.54) is 0 Å². The summed E-state index contributed by atoms with van der Waals surface area (Å²) >= 11 is 3.67. The van der Waals surface area contributed by atoms with Gasteiger partial charge in [0.15, 0.2) is 5.65 Å². The van der Waals surface area contributed by atoms with Gasteiger partial charge in [0.2, 0.25) is 0 Å². The van der Waals surface area contributed by atoms with Gasteiger partial charge in [-0.15, -0.1) is 10.2 Å². The van der Waals surface area contributed by atoms with E-state index in [9.17, 15) is 0 Å². The summed E-state index contributed by atoms with van der Waals surface area (Å²) in [4.78, 5) is 4.81. The summed E-state index contributed by atoms with van der Waals surface area (Å²) in [7, 11) is 0. The highest BCUT2D eigenvalue weighted by atomic mass is 79.9. The molecule has 2 aromatic heterocycles. The molecule has 0 spiro atoms. The van der Waals surface area contributed by atoms with Crippen molar-refractivity contribution in [1.82, 2.24) is 19.6 Å². The molecule has 2 heterocycles. The maximum atomic E-state index is 4.39. The lowest BCUT2D eigenvalue weighted by Gasteiger charge is -2.12. The molecule has 0 saturated heterocycles. The van der Waals surface area contributed by atoms with Crippen LogP contribution in [0.1, 0.15) is 25.4 Å². The van der Waals surface area contributed by atoms with Gasteiger partial charge in [-0.3, -0.25) is 9.38 Å². The fourth-order valence-electron chi connectivity index (χ4n) is 1.56. The first-order valence-electron chi connectivity index (χ1n) is 5.39. The molecule has 1 unspecified atom stereocenters. The zero-order valence-corrected chi connectivity index (χ0v) is 11.3. The minimum absolute atomic E-state index is 0.420. The summed E-state index contributed by atoms with van der Waals surface area (Å²) in [5, 5.41) is 8.23. The highest BCUT2D eigenvalue weighted by molar-refractivity contribution is 9.09. The first-order valence-corrected chi connectivity index (χ1v) is 6.30. The Bertz CT molecular complexity index is 492. The average molecular weight is 283 g/mol. The number of alkyl halides is 1. The van der Waals surface area contributed by atoms with Crippen molar-refractivity contribution >= 4 is 21.6 Å². The largest absolute Gasteiger partial charge is 0.284 e. The van der Waals surface area contributed by atoms with Gasteiger partial charge in [-0.1, -0.05) is 29.8 Å². The van der Waals surface area contributed by atoms with Crippen LogP contribution in [0.15, 0.2) is 12.4 Å². The minimum Gasteiger partial charge on any atom is -0.284 e. The molecule has 16 heavy (non-hydrogen) atoms. The fraction of sp³-hybridized carbons (Fsp3) is 0.545.